The van der Waals surface area contributed by atoms with Gasteiger partial charge < -0.3 is 10.3 Å². The molecule has 0 unspecified atom stereocenters. The summed E-state index contributed by atoms with van der Waals surface area (Å²) >= 11 is 3.42. The maximum absolute atomic E-state index is 11.9. The SMILES string of the molecule is Cc1nc(-c2ccc(NCc3ccc(Br)cc3)nc2)[nH]c(=O)c1C. The number of halogens is 1. The van der Waals surface area contributed by atoms with Crippen LogP contribution in [0, 0.1) is 13.8 Å². The van der Waals surface area contributed by atoms with Crippen molar-refractivity contribution >= 4 is 21.7 Å². The van der Waals surface area contributed by atoms with Gasteiger partial charge in [0.25, 0.3) is 5.56 Å². The maximum Gasteiger partial charge on any atom is 0.254 e. The molecule has 5 nitrogen and oxygen atoms in total. The summed E-state index contributed by atoms with van der Waals surface area (Å²) in [5.74, 6) is 1.31. The van der Waals surface area contributed by atoms with Crippen LogP contribution >= 0.6 is 15.9 Å². The summed E-state index contributed by atoms with van der Waals surface area (Å²) in [5, 5.41) is 3.27. The van der Waals surface area contributed by atoms with Gasteiger partial charge in [-0.3, -0.25) is 4.79 Å². The first-order chi connectivity index (χ1) is 11.5. The Morgan fingerprint density at radius 2 is 1.88 bits per heavy atom. The molecule has 3 aromatic rings. The first-order valence-corrected chi connectivity index (χ1v) is 8.34. The number of hydrogen-bond acceptors (Lipinski definition) is 4. The van der Waals surface area contributed by atoms with Crippen molar-refractivity contribution in [2.45, 2.75) is 20.4 Å². The van der Waals surface area contributed by atoms with E-state index in [1.807, 2.05) is 31.2 Å². The van der Waals surface area contributed by atoms with Crippen LogP contribution in [0.4, 0.5) is 5.82 Å². The molecule has 2 N–H and O–H groups in total. The number of pyridine rings is 1. The molecule has 24 heavy (non-hydrogen) atoms. The van der Waals surface area contributed by atoms with Crippen LogP contribution in [0.1, 0.15) is 16.8 Å². The van der Waals surface area contributed by atoms with E-state index < -0.39 is 0 Å². The molecule has 122 valence electrons. The van der Waals surface area contributed by atoms with Gasteiger partial charge in [-0.15, -0.1) is 0 Å². The largest absolute Gasteiger partial charge is 0.366 e. The minimum atomic E-state index is -0.116. The van der Waals surface area contributed by atoms with Crippen LogP contribution in [0.15, 0.2) is 51.9 Å². The molecule has 0 radical (unpaired) electrons. The summed E-state index contributed by atoms with van der Waals surface area (Å²) in [6.45, 7) is 4.28. The van der Waals surface area contributed by atoms with Gasteiger partial charge in [0.2, 0.25) is 0 Å². The number of anilines is 1. The van der Waals surface area contributed by atoms with Crippen LogP contribution in [-0.2, 0) is 6.54 Å². The molecule has 1 aromatic carbocycles. The number of nitrogens with one attached hydrogen (secondary N) is 2. The minimum absolute atomic E-state index is 0.116. The predicted octanol–water partition coefficient (Wildman–Crippen LogP) is 3.82. The van der Waals surface area contributed by atoms with E-state index in [2.05, 4.69) is 48.3 Å². The molecule has 2 heterocycles. The lowest BCUT2D eigenvalue weighted by Gasteiger charge is -2.08. The van der Waals surface area contributed by atoms with Gasteiger partial charge in [-0.05, 0) is 43.7 Å². The zero-order valence-corrected chi connectivity index (χ0v) is 15.0. The van der Waals surface area contributed by atoms with Crippen LogP contribution in [-0.4, -0.2) is 15.0 Å². The van der Waals surface area contributed by atoms with Crippen molar-refractivity contribution in [3.8, 4) is 11.4 Å². The molecule has 2 aromatic heterocycles. The molecule has 0 saturated heterocycles. The zero-order chi connectivity index (χ0) is 17.1. The first-order valence-electron chi connectivity index (χ1n) is 7.55. The van der Waals surface area contributed by atoms with Crippen molar-refractivity contribution in [2.24, 2.45) is 0 Å². The Morgan fingerprint density at radius 1 is 1.12 bits per heavy atom. The molecular formula is C18H17BrN4O. The van der Waals surface area contributed by atoms with Gasteiger partial charge in [-0.25, -0.2) is 9.97 Å². The molecular weight excluding hydrogens is 368 g/mol. The summed E-state index contributed by atoms with van der Waals surface area (Å²) in [6.07, 6.45) is 1.71. The number of benzene rings is 1. The lowest BCUT2D eigenvalue weighted by atomic mass is 10.2. The Morgan fingerprint density at radius 3 is 2.50 bits per heavy atom. The molecule has 0 aliphatic carbocycles. The summed E-state index contributed by atoms with van der Waals surface area (Å²) in [7, 11) is 0. The fraction of sp³-hybridized carbons (Fsp3) is 0.167. The van der Waals surface area contributed by atoms with Gasteiger partial charge in [0, 0.05) is 34.0 Å². The topological polar surface area (TPSA) is 70.7 Å². The van der Waals surface area contributed by atoms with E-state index in [1.165, 1.54) is 5.56 Å². The Labute approximate surface area is 148 Å². The van der Waals surface area contributed by atoms with E-state index in [-0.39, 0.29) is 5.56 Å². The number of hydrogen-bond donors (Lipinski definition) is 2. The van der Waals surface area contributed by atoms with Gasteiger partial charge in [0.1, 0.15) is 11.6 Å². The van der Waals surface area contributed by atoms with Gasteiger partial charge in [-0.1, -0.05) is 28.1 Å². The van der Waals surface area contributed by atoms with Crippen molar-refractivity contribution in [3.63, 3.8) is 0 Å². The van der Waals surface area contributed by atoms with Gasteiger partial charge in [0.05, 0.1) is 0 Å². The second-order valence-corrected chi connectivity index (χ2v) is 6.45. The van der Waals surface area contributed by atoms with Crippen LogP contribution in [0.2, 0.25) is 0 Å². The fourth-order valence-corrected chi connectivity index (χ4v) is 2.48. The van der Waals surface area contributed by atoms with Gasteiger partial charge in [-0.2, -0.15) is 0 Å². The Bertz CT molecular complexity index is 902. The third kappa shape index (κ3) is 3.71. The smallest absolute Gasteiger partial charge is 0.254 e. The summed E-state index contributed by atoms with van der Waals surface area (Å²) in [5.41, 5.74) is 3.20. The second kappa shape index (κ2) is 6.97. The zero-order valence-electron chi connectivity index (χ0n) is 13.4. The van der Waals surface area contributed by atoms with Gasteiger partial charge in [0.15, 0.2) is 0 Å². The van der Waals surface area contributed by atoms with Crippen molar-refractivity contribution in [1.29, 1.82) is 0 Å². The number of nitrogens with zero attached hydrogens (tertiary/aromatic N) is 2. The van der Waals surface area contributed by atoms with E-state index in [0.29, 0.717) is 17.9 Å². The number of aromatic nitrogens is 3. The fourth-order valence-electron chi connectivity index (χ4n) is 2.22. The predicted molar refractivity (Wildman–Crippen MR) is 99.0 cm³/mol. The molecule has 3 rings (SSSR count). The van der Waals surface area contributed by atoms with Crippen LogP contribution in [0.25, 0.3) is 11.4 Å². The van der Waals surface area contributed by atoms with Crippen molar-refractivity contribution in [3.05, 3.63) is 74.2 Å². The minimum Gasteiger partial charge on any atom is -0.366 e. The van der Waals surface area contributed by atoms with E-state index in [9.17, 15) is 4.79 Å². The van der Waals surface area contributed by atoms with Crippen LogP contribution in [0.5, 0.6) is 0 Å². The molecule has 0 fully saturated rings. The van der Waals surface area contributed by atoms with E-state index in [4.69, 9.17) is 0 Å². The number of H-pyrrole nitrogens is 1. The Kier molecular flexibility index (Phi) is 4.76. The highest BCUT2D eigenvalue weighted by atomic mass is 79.9. The highest BCUT2D eigenvalue weighted by Crippen LogP contribution is 2.16. The standard InChI is InChI=1S/C18H17BrN4O/c1-11-12(2)22-17(23-18(11)24)14-5-8-16(21-10-14)20-9-13-3-6-15(19)7-4-13/h3-8,10H,9H2,1-2H3,(H,20,21)(H,22,23,24). The Balaban J connectivity index is 1.73. The molecule has 0 saturated carbocycles. The average Bonchev–Trinajstić information content (AvgIpc) is 2.59. The van der Waals surface area contributed by atoms with E-state index in [0.717, 1.165) is 21.5 Å². The second-order valence-electron chi connectivity index (χ2n) is 5.54. The molecule has 0 aliphatic rings. The summed E-state index contributed by atoms with van der Waals surface area (Å²) in [4.78, 5) is 23.4. The highest BCUT2D eigenvalue weighted by molar-refractivity contribution is 9.10. The highest BCUT2D eigenvalue weighted by Gasteiger charge is 2.06. The lowest BCUT2D eigenvalue weighted by molar-refractivity contribution is 1.03. The summed E-state index contributed by atoms with van der Waals surface area (Å²) < 4.78 is 1.06. The normalized spacial score (nSPS) is 10.6. The van der Waals surface area contributed by atoms with Gasteiger partial charge >= 0.3 is 0 Å². The number of aromatic amines is 1. The molecule has 0 spiro atoms. The van der Waals surface area contributed by atoms with E-state index >= 15 is 0 Å². The molecule has 0 atom stereocenters. The Hall–Kier alpha value is -2.47. The van der Waals surface area contributed by atoms with Crippen molar-refractivity contribution in [2.75, 3.05) is 5.32 Å². The monoisotopic (exact) mass is 384 g/mol. The van der Waals surface area contributed by atoms with Crippen LogP contribution < -0.4 is 10.9 Å². The first kappa shape index (κ1) is 16.4. The summed E-state index contributed by atoms with van der Waals surface area (Å²) in [6, 6.07) is 11.9. The average molecular weight is 385 g/mol. The maximum atomic E-state index is 11.9. The molecule has 6 heteroatoms. The third-order valence-corrected chi connectivity index (χ3v) is 4.35. The van der Waals surface area contributed by atoms with Crippen molar-refractivity contribution in [1.82, 2.24) is 15.0 Å². The number of aryl methyl sites for hydroxylation is 1. The lowest BCUT2D eigenvalue weighted by Crippen LogP contribution is -2.14. The van der Waals surface area contributed by atoms with E-state index in [1.54, 1.807) is 13.1 Å². The molecule has 0 aliphatic heterocycles. The molecule has 0 bridgehead atoms. The van der Waals surface area contributed by atoms with Crippen molar-refractivity contribution < 1.29 is 0 Å². The number of rotatable bonds is 4. The quantitative estimate of drug-likeness (QED) is 0.716. The third-order valence-electron chi connectivity index (χ3n) is 3.82. The molecule has 0 amide bonds. The van der Waals surface area contributed by atoms with Crippen LogP contribution in [0.3, 0.4) is 0 Å².